The second kappa shape index (κ2) is 24.5. The molecule has 4 aliphatic rings. The van der Waals surface area contributed by atoms with Gasteiger partial charge in [-0.1, -0.05) is 41.9 Å². The van der Waals surface area contributed by atoms with Crippen LogP contribution in [-0.4, -0.2) is 114 Å². The third-order valence-corrected chi connectivity index (χ3v) is 20.1. The number of benzene rings is 5. The van der Waals surface area contributed by atoms with Crippen molar-refractivity contribution in [2.75, 3.05) is 84.3 Å². The zero-order valence-corrected chi connectivity index (χ0v) is 48.8. The number of thioether (sulfide) groups is 1. The molecule has 5 N–H and O–H groups in total. The molecule has 10 rings (SSSR count). The SMILES string of the molecule is Cc1c(S(C)(=O)=O)c(-c2cc(F)cc(N3CCN(c4ccc(N[C@@H](C)OP5(=O)c6ccc(c([N+](=O)[O-])c6)N5N[C@H](CCN5CCC(CO[P+](O)(O)O)CC5)CSc5ccccc5)cc4)CC3)c2)c(-c2ccc(Cl)cc2)n1C(C)C. The van der Waals surface area contributed by atoms with Crippen molar-refractivity contribution < 1.29 is 46.0 Å². The van der Waals surface area contributed by atoms with Gasteiger partial charge < -0.3 is 24.6 Å². The molecule has 3 atom stereocenters. The fraction of sp³-hybridized carbons (Fsp3) is 0.382. The summed E-state index contributed by atoms with van der Waals surface area (Å²) in [6, 6.07) is 33.7. The van der Waals surface area contributed by atoms with E-state index >= 15 is 8.96 Å². The Bertz CT molecular complexity index is 3290. The molecule has 6 aromatic rings. The number of hydrazine groups is 1. The number of nitro groups is 1. The standard InChI is InChI=1S/C55H67ClFN8O10P2S2/c1-37(2)63-38(3)55(79(5,72)73)53(54(63)41-11-13-43(56)14-12-41)42-31-44(57)33-48(32-42)62-29-27-61(28-30-62)47-17-15-45(16-18-47)58-39(4)75-76(68)49-19-20-51(52(34-49)65(66)67)64(76)59-46(36-78-50-9-7-6-8-10-50)23-26-60-24-21-40(22-25-60)35-74-77(69,70)71/h6-20,31-34,37,39-40,46,58-59,69-71H,21-30,35-36H2,1-5H3/q+1/t39-,46-,76?/m1/s1. The highest BCUT2D eigenvalue weighted by atomic mass is 35.5. The monoisotopic (exact) mass is 1180 g/mol. The first-order valence-corrected chi connectivity index (χ1v) is 32.6. The second-order valence-corrected chi connectivity index (χ2v) is 27.5. The Hall–Kier alpha value is -5.12. The lowest BCUT2D eigenvalue weighted by molar-refractivity contribution is -0.384. The Balaban J connectivity index is 0.870. The highest BCUT2D eigenvalue weighted by Crippen LogP contribution is 2.58. The predicted molar refractivity (Wildman–Crippen MR) is 314 cm³/mol. The Morgan fingerprint density at radius 3 is 2.15 bits per heavy atom. The summed E-state index contributed by atoms with van der Waals surface area (Å²) in [5.74, 6) is 0.120. The number of piperazine rings is 1. The van der Waals surface area contributed by atoms with Crippen molar-refractivity contribution in [2.45, 2.75) is 75.1 Å². The van der Waals surface area contributed by atoms with E-state index < -0.39 is 42.5 Å². The van der Waals surface area contributed by atoms with Crippen LogP contribution < -0.4 is 30.6 Å². The second-order valence-electron chi connectivity index (χ2n) is 20.6. The number of sulfone groups is 1. The zero-order valence-electron chi connectivity index (χ0n) is 44.6. The minimum absolute atomic E-state index is 0.0498. The quantitative estimate of drug-likeness (QED) is 0.0140. The summed E-state index contributed by atoms with van der Waals surface area (Å²) in [5.41, 5.74) is 8.58. The highest BCUT2D eigenvalue weighted by molar-refractivity contribution is 7.99. The number of halogens is 2. The van der Waals surface area contributed by atoms with Crippen LogP contribution in [0.25, 0.3) is 22.4 Å². The van der Waals surface area contributed by atoms with E-state index in [2.05, 4.69) is 25.4 Å². The summed E-state index contributed by atoms with van der Waals surface area (Å²) in [6.45, 7) is 12.0. The first-order chi connectivity index (χ1) is 37.5. The number of hydrogen-bond donors (Lipinski definition) is 5. The van der Waals surface area contributed by atoms with E-state index in [1.807, 2.05) is 91.2 Å². The van der Waals surface area contributed by atoms with Gasteiger partial charge in [-0.2, -0.15) is 19.2 Å². The van der Waals surface area contributed by atoms with Crippen LogP contribution in [0.3, 0.4) is 0 Å². The Labute approximate surface area is 470 Å². The number of rotatable bonds is 22. The minimum Gasteiger partial charge on any atom is -0.368 e. The Kier molecular flexibility index (Phi) is 18.2. The maximum Gasteiger partial charge on any atom is 0.567 e. The van der Waals surface area contributed by atoms with Crippen molar-refractivity contribution in [1.29, 1.82) is 0 Å². The molecule has 24 heteroatoms. The normalized spacial score (nSPS) is 18.1. The molecular formula is C55H67ClFN8O10P2S2+. The van der Waals surface area contributed by atoms with Gasteiger partial charge in [-0.15, -0.1) is 11.8 Å². The van der Waals surface area contributed by atoms with Crippen molar-refractivity contribution in [3.8, 4) is 22.4 Å². The topological polar surface area (TPSA) is 215 Å². The van der Waals surface area contributed by atoms with E-state index in [-0.39, 0.29) is 46.2 Å². The van der Waals surface area contributed by atoms with Gasteiger partial charge in [0.2, 0.25) is 0 Å². The highest BCUT2D eigenvalue weighted by Gasteiger charge is 2.46. The summed E-state index contributed by atoms with van der Waals surface area (Å²) in [4.78, 5) is 47.6. The van der Waals surface area contributed by atoms with E-state index in [0.29, 0.717) is 83.8 Å². The Morgan fingerprint density at radius 2 is 1.53 bits per heavy atom. The van der Waals surface area contributed by atoms with Crippen LogP contribution in [0, 0.1) is 28.8 Å². The van der Waals surface area contributed by atoms with Gasteiger partial charge in [-0.3, -0.25) is 19.2 Å². The molecule has 4 aliphatic heterocycles. The van der Waals surface area contributed by atoms with Gasteiger partial charge in [0.1, 0.15) is 24.3 Å². The van der Waals surface area contributed by atoms with Crippen LogP contribution in [0.1, 0.15) is 51.8 Å². The summed E-state index contributed by atoms with van der Waals surface area (Å²) >= 11 is 7.89. The fourth-order valence-corrected chi connectivity index (χ4v) is 15.8. The molecule has 0 spiro atoms. The first kappa shape index (κ1) is 58.5. The van der Waals surface area contributed by atoms with Crippen molar-refractivity contribution in [2.24, 2.45) is 5.92 Å². The number of hydrogen-bond acceptors (Lipinski definition) is 16. The minimum atomic E-state index is -4.31. The molecule has 0 radical (unpaired) electrons. The number of piperidine rings is 1. The van der Waals surface area contributed by atoms with Crippen molar-refractivity contribution >= 4 is 82.6 Å². The van der Waals surface area contributed by atoms with Crippen LogP contribution in [0.2, 0.25) is 5.02 Å². The zero-order chi connectivity index (χ0) is 56.4. The summed E-state index contributed by atoms with van der Waals surface area (Å²) in [7, 11) is -12.1. The lowest BCUT2D eigenvalue weighted by Crippen LogP contribution is -2.50. The smallest absolute Gasteiger partial charge is 0.368 e. The third-order valence-electron chi connectivity index (χ3n) is 14.6. The number of fused-ring (bicyclic) bond motifs is 3. The molecule has 2 bridgehead atoms. The largest absolute Gasteiger partial charge is 0.567 e. The van der Waals surface area contributed by atoms with Gasteiger partial charge >= 0.3 is 15.7 Å². The molecule has 0 saturated carbocycles. The molecule has 422 valence electrons. The van der Waals surface area contributed by atoms with Crippen LogP contribution in [-0.2, 0) is 23.4 Å². The van der Waals surface area contributed by atoms with Crippen LogP contribution in [0.15, 0.2) is 125 Å². The first-order valence-electron chi connectivity index (χ1n) is 26.2. The predicted octanol–water partition coefficient (Wildman–Crippen LogP) is 10.7. The van der Waals surface area contributed by atoms with E-state index in [1.54, 1.807) is 49.9 Å². The number of anilines is 4. The van der Waals surface area contributed by atoms with Crippen molar-refractivity contribution in [3.63, 3.8) is 0 Å². The van der Waals surface area contributed by atoms with E-state index in [9.17, 15) is 33.2 Å². The van der Waals surface area contributed by atoms with Crippen molar-refractivity contribution in [1.82, 2.24) is 14.9 Å². The molecular weight excluding hydrogens is 1110 g/mol. The number of likely N-dealkylation sites (tertiary alicyclic amines) is 1. The molecule has 79 heavy (non-hydrogen) atoms. The third kappa shape index (κ3) is 13.8. The molecule has 5 aromatic carbocycles. The van der Waals surface area contributed by atoms with Crippen molar-refractivity contribution in [3.05, 3.63) is 142 Å². The molecule has 5 heterocycles. The number of nitrogens with zero attached hydrogens (tertiary/aromatic N) is 6. The molecule has 0 aliphatic carbocycles. The lowest BCUT2D eigenvalue weighted by Gasteiger charge is -2.40. The van der Waals surface area contributed by atoms with E-state index in [4.69, 9.17) is 20.6 Å². The van der Waals surface area contributed by atoms with Crippen LogP contribution in [0.4, 0.5) is 32.8 Å². The van der Waals surface area contributed by atoms with Gasteiger partial charge in [0, 0.05) is 94.6 Å². The van der Waals surface area contributed by atoms with Gasteiger partial charge in [-0.05, 0) is 162 Å². The summed E-state index contributed by atoms with van der Waals surface area (Å²) < 4.78 is 73.1. The molecule has 2 fully saturated rings. The molecule has 1 aromatic heterocycles. The van der Waals surface area contributed by atoms with Gasteiger partial charge in [0.25, 0.3) is 5.69 Å². The maximum absolute atomic E-state index is 15.8. The van der Waals surface area contributed by atoms with Gasteiger partial charge in [-0.25, -0.2) is 23.0 Å². The van der Waals surface area contributed by atoms with Crippen LogP contribution in [0.5, 0.6) is 0 Å². The molecule has 0 amide bonds. The number of nitro benzene ring substituents is 1. The van der Waals surface area contributed by atoms with Crippen LogP contribution >= 0.6 is 39.1 Å². The van der Waals surface area contributed by atoms with Gasteiger partial charge in [0.15, 0.2) is 9.84 Å². The maximum atomic E-state index is 15.8. The van der Waals surface area contributed by atoms with E-state index in [1.165, 1.54) is 29.2 Å². The molecule has 18 nitrogen and oxygen atoms in total. The van der Waals surface area contributed by atoms with E-state index in [0.717, 1.165) is 42.1 Å². The van der Waals surface area contributed by atoms with Gasteiger partial charge in [0.05, 0.1) is 20.8 Å². The lowest BCUT2D eigenvalue weighted by atomic mass is 9.97. The average molecular weight is 1180 g/mol. The fourth-order valence-electron chi connectivity index (χ4n) is 10.8. The summed E-state index contributed by atoms with van der Waals surface area (Å²) in [6.07, 6.45) is 2.42. The number of nitrogens with one attached hydrogen (secondary N) is 2. The number of aromatic nitrogens is 1. The molecule has 2 saturated heterocycles. The molecule has 1 unspecified atom stereocenters. The summed E-state index contributed by atoms with van der Waals surface area (Å²) in [5, 5.41) is 16.5. The Morgan fingerprint density at radius 1 is 0.873 bits per heavy atom. The average Bonchev–Trinajstić information content (AvgIpc) is 3.84.